The second-order valence-corrected chi connectivity index (χ2v) is 26.0. The summed E-state index contributed by atoms with van der Waals surface area (Å²) in [5.74, 6) is 0. The van der Waals surface area contributed by atoms with Gasteiger partial charge in [0.05, 0.1) is 41.1 Å². The van der Waals surface area contributed by atoms with Crippen LogP contribution in [0.25, 0.3) is 55.6 Å². The van der Waals surface area contributed by atoms with E-state index in [2.05, 4.69) is 110 Å². The molecule has 2 aromatic carbocycles. The molecular weight excluding hydrogens is 653 g/mol. The number of benzene rings is 2. The molecule has 13 heterocycles. The Morgan fingerprint density at radius 2 is 1.02 bits per heavy atom. The second kappa shape index (κ2) is 10.2. The van der Waals surface area contributed by atoms with Crippen molar-refractivity contribution in [2.45, 2.75) is 45.9 Å². The molecule has 0 amide bonds. The Labute approximate surface area is 279 Å². The number of nitrogens with zero attached hydrogens (tertiary/aromatic N) is 6. The molecule has 15 rings (SSSR count). The topological polar surface area (TPSA) is 106 Å². The van der Waals surface area contributed by atoms with Gasteiger partial charge in [-0.25, -0.2) is 9.97 Å². The second-order valence-electron chi connectivity index (χ2n) is 14.1. The van der Waals surface area contributed by atoms with Crippen LogP contribution in [0.1, 0.15) is 5.56 Å². The van der Waals surface area contributed by atoms with Crippen molar-refractivity contribution in [3.63, 3.8) is 0 Å². The first kappa shape index (κ1) is 29.5. The summed E-state index contributed by atoms with van der Waals surface area (Å²) in [7, 11) is -7.17. The fourth-order valence-electron chi connectivity index (χ4n) is 7.01. The summed E-state index contributed by atoms with van der Waals surface area (Å²) >= 11 is 0. The third-order valence-corrected chi connectivity index (χ3v) is 19.8. The van der Waals surface area contributed by atoms with Crippen LogP contribution in [0.5, 0.6) is 0 Å². The van der Waals surface area contributed by atoms with Crippen molar-refractivity contribution in [3.8, 4) is 11.4 Å². The van der Waals surface area contributed by atoms with E-state index in [1.807, 2.05) is 21.5 Å². The summed E-state index contributed by atoms with van der Waals surface area (Å²) in [5, 5.41) is 15.6. The molecule has 6 aromatic heterocycles. The van der Waals surface area contributed by atoms with Gasteiger partial charge < -0.3 is 17.6 Å². The fourth-order valence-corrected chi connectivity index (χ4v) is 16.5. The number of fused-ring (bicyclic) bond motifs is 2. The van der Waals surface area contributed by atoms with Crippen molar-refractivity contribution in [2.24, 2.45) is 0 Å². The Hall–Kier alpha value is -4.67. The zero-order valence-corrected chi connectivity index (χ0v) is 30.6. The molecule has 0 saturated heterocycles. The summed E-state index contributed by atoms with van der Waals surface area (Å²) in [6.45, 7) is 13.9. The minimum absolute atomic E-state index is 0.513. The van der Waals surface area contributed by atoms with Crippen LogP contribution in [-0.2, 0) is 15.1 Å². The van der Waals surface area contributed by atoms with E-state index >= 15 is 0 Å². The normalized spacial score (nSPS) is 17.2. The molecule has 8 aromatic rings. The summed E-state index contributed by atoms with van der Waals surface area (Å²) in [4.78, 5) is 10.1. The number of hydrogen-bond donors (Lipinski definition) is 0. The van der Waals surface area contributed by atoms with E-state index in [9.17, 15) is 0 Å². The highest BCUT2D eigenvalue weighted by atomic mass is 28.4. The molecule has 48 heavy (non-hydrogen) atoms. The molecule has 0 aliphatic carbocycles. The van der Waals surface area contributed by atoms with Crippen LogP contribution >= 0.6 is 0 Å². The third-order valence-electron chi connectivity index (χ3n) is 9.76. The molecule has 7 aliphatic rings. The van der Waals surface area contributed by atoms with Crippen molar-refractivity contribution in [3.05, 3.63) is 91.0 Å². The van der Waals surface area contributed by atoms with E-state index in [0.717, 1.165) is 60.2 Å². The molecule has 0 spiro atoms. The lowest BCUT2D eigenvalue weighted by molar-refractivity contribution is 0.304. The lowest BCUT2D eigenvalue weighted by Gasteiger charge is -2.34. The quantitative estimate of drug-likeness (QED) is 0.176. The number of pyridine rings is 2. The van der Waals surface area contributed by atoms with E-state index in [1.54, 1.807) is 12.4 Å². The molecular formula is C35H34N6O4Si3. The van der Waals surface area contributed by atoms with Gasteiger partial charge in [0.15, 0.2) is 0 Å². The van der Waals surface area contributed by atoms with Crippen LogP contribution in [0.4, 0.5) is 0 Å². The first-order valence-electron chi connectivity index (χ1n) is 16.1. The standard InChI is InChI=1S/C35H34N6O4Si3/c1-46(2)25-13-11-24(12-14-25)41-33-29(31-20-39-44-35(31)41)16-27(18-37-33)48(5,6)45-47(3,4)26-15-28-30-19-38-43-34(30)40(32(28)36-17-26)23-9-7-22(8-10-23)21-42-46/h7-20H,21H2,1-6H3. The number of rotatable bonds is 0. The van der Waals surface area contributed by atoms with Gasteiger partial charge in [0.2, 0.25) is 36.4 Å². The molecule has 10 nitrogen and oxygen atoms in total. The van der Waals surface area contributed by atoms with Crippen LogP contribution in [0.2, 0.25) is 39.3 Å². The van der Waals surface area contributed by atoms with Crippen LogP contribution < -0.4 is 15.6 Å². The predicted octanol–water partition coefficient (Wildman–Crippen LogP) is 6.13. The average Bonchev–Trinajstić information content (AvgIpc) is 3.85. The van der Waals surface area contributed by atoms with E-state index in [0.29, 0.717) is 18.0 Å². The maximum Gasteiger partial charge on any atom is 0.245 e. The van der Waals surface area contributed by atoms with Crippen molar-refractivity contribution in [2.75, 3.05) is 0 Å². The molecule has 0 atom stereocenters. The third kappa shape index (κ3) is 4.42. The van der Waals surface area contributed by atoms with Gasteiger partial charge in [0.25, 0.3) is 0 Å². The zero-order chi connectivity index (χ0) is 33.0. The van der Waals surface area contributed by atoms with Crippen molar-refractivity contribution in [1.29, 1.82) is 0 Å². The Kier molecular flexibility index (Phi) is 6.24. The zero-order valence-electron chi connectivity index (χ0n) is 27.6. The maximum atomic E-state index is 7.23. The Morgan fingerprint density at radius 1 is 0.542 bits per heavy atom. The smallest absolute Gasteiger partial charge is 0.245 e. The largest absolute Gasteiger partial charge is 0.449 e. The van der Waals surface area contributed by atoms with E-state index in [1.165, 1.54) is 5.19 Å². The number of aromatic nitrogens is 6. The lowest BCUT2D eigenvalue weighted by atomic mass is 10.2. The van der Waals surface area contributed by atoms with Crippen LogP contribution in [0.3, 0.4) is 0 Å². The van der Waals surface area contributed by atoms with Crippen LogP contribution in [0.15, 0.2) is 94.5 Å². The van der Waals surface area contributed by atoms with Crippen molar-refractivity contribution < 1.29 is 17.6 Å². The molecule has 0 radical (unpaired) electrons. The van der Waals surface area contributed by atoms with Crippen LogP contribution in [-0.4, -0.2) is 54.4 Å². The maximum absolute atomic E-state index is 7.23. The van der Waals surface area contributed by atoms with Gasteiger partial charge in [0.1, 0.15) is 11.3 Å². The van der Waals surface area contributed by atoms with Crippen LogP contribution in [0, 0.1) is 0 Å². The highest BCUT2D eigenvalue weighted by Gasteiger charge is 2.38. The van der Waals surface area contributed by atoms with Gasteiger partial charge >= 0.3 is 0 Å². The fraction of sp³-hybridized carbons (Fsp3) is 0.200. The first-order chi connectivity index (χ1) is 23.0. The highest BCUT2D eigenvalue weighted by Crippen LogP contribution is 2.33. The van der Waals surface area contributed by atoms with Gasteiger partial charge in [0, 0.05) is 23.2 Å². The van der Waals surface area contributed by atoms with Gasteiger partial charge in [-0.3, -0.25) is 9.13 Å². The van der Waals surface area contributed by atoms with E-state index < -0.39 is 25.0 Å². The minimum Gasteiger partial charge on any atom is -0.449 e. The van der Waals surface area contributed by atoms with E-state index in [-0.39, 0.29) is 0 Å². The van der Waals surface area contributed by atoms with Crippen molar-refractivity contribution >= 4 is 84.8 Å². The van der Waals surface area contributed by atoms with Gasteiger partial charge in [-0.05, 0) is 96.8 Å². The Morgan fingerprint density at radius 3 is 1.52 bits per heavy atom. The predicted molar refractivity (Wildman–Crippen MR) is 194 cm³/mol. The Balaban J connectivity index is 1.24. The molecule has 13 heteroatoms. The molecule has 0 N–H and O–H groups in total. The molecule has 240 valence electrons. The monoisotopic (exact) mass is 686 g/mol. The summed E-state index contributed by atoms with van der Waals surface area (Å²) in [5.41, 5.74) is 6.00. The summed E-state index contributed by atoms with van der Waals surface area (Å²) in [6, 6.07) is 21.4. The van der Waals surface area contributed by atoms with Gasteiger partial charge in [-0.2, -0.15) is 0 Å². The SMILES string of the molecule is C[Si]1(C)OCc2ccc(cc2)-n2c3ncc(cc3c3cnoc32)[Si](C)(C)O[Si](C)(C)c2cnc3c(c2)c2cnoc2n3-c2ccc1cc2. The lowest BCUT2D eigenvalue weighted by Crippen LogP contribution is -2.57. The molecule has 12 bridgehead atoms. The molecule has 0 fully saturated rings. The average molecular weight is 687 g/mol. The number of hydrogen-bond acceptors (Lipinski definition) is 8. The molecule has 7 aliphatic heterocycles. The Bertz CT molecular complexity index is 2530. The van der Waals surface area contributed by atoms with Gasteiger partial charge in [-0.15, -0.1) is 0 Å². The summed E-state index contributed by atoms with van der Waals surface area (Å²) in [6.07, 6.45) is 7.51. The van der Waals surface area contributed by atoms with E-state index in [4.69, 9.17) is 27.6 Å². The minimum atomic E-state index is -2.47. The molecule has 0 saturated carbocycles. The summed E-state index contributed by atoms with van der Waals surface area (Å²) < 4.78 is 29.6. The highest BCUT2D eigenvalue weighted by molar-refractivity contribution is 6.97. The van der Waals surface area contributed by atoms with Crippen molar-refractivity contribution in [1.82, 2.24) is 29.4 Å². The van der Waals surface area contributed by atoms with Gasteiger partial charge in [-0.1, -0.05) is 34.6 Å². The first-order valence-corrected chi connectivity index (χ1v) is 24.8. The molecule has 0 unspecified atom stereocenters.